The van der Waals surface area contributed by atoms with Gasteiger partial charge in [-0.05, 0) is 43.0 Å². The highest BCUT2D eigenvalue weighted by molar-refractivity contribution is 7.12. The maximum absolute atomic E-state index is 11.9. The first-order valence-corrected chi connectivity index (χ1v) is 6.92. The first-order valence-electron chi connectivity index (χ1n) is 6.04. The first-order chi connectivity index (χ1) is 8.96. The van der Waals surface area contributed by atoms with Crippen molar-refractivity contribution in [3.63, 3.8) is 0 Å². The van der Waals surface area contributed by atoms with Gasteiger partial charge in [0.15, 0.2) is 0 Å². The van der Waals surface area contributed by atoms with E-state index in [-0.39, 0.29) is 12.5 Å². The topological polar surface area (TPSA) is 62.5 Å². The third kappa shape index (κ3) is 3.94. The fraction of sp³-hybridized carbons (Fsp3) is 0.357. The molecular weight excluding hydrogens is 262 g/mol. The average Bonchev–Trinajstić information content (AvgIpc) is 2.97. The lowest BCUT2D eigenvalue weighted by atomic mass is 10.0. The zero-order valence-electron chi connectivity index (χ0n) is 11.0. The van der Waals surface area contributed by atoms with Crippen molar-refractivity contribution in [1.82, 2.24) is 5.32 Å². The van der Waals surface area contributed by atoms with E-state index in [1.165, 1.54) is 11.3 Å². The van der Waals surface area contributed by atoms with Crippen molar-refractivity contribution in [2.75, 3.05) is 6.54 Å². The van der Waals surface area contributed by atoms with Gasteiger partial charge in [0.05, 0.1) is 16.7 Å². The summed E-state index contributed by atoms with van der Waals surface area (Å²) in [5.74, 6) is 0.545. The van der Waals surface area contributed by atoms with Gasteiger partial charge in [-0.15, -0.1) is 11.3 Å². The number of thiophene rings is 1. The number of hydrogen-bond acceptors (Lipinski definition) is 4. The van der Waals surface area contributed by atoms with Crippen LogP contribution in [-0.4, -0.2) is 23.2 Å². The summed E-state index contributed by atoms with van der Waals surface area (Å²) in [6.07, 6.45) is 1.93. The molecule has 1 atom stereocenters. The number of carbonyl (C=O) groups is 1. The van der Waals surface area contributed by atoms with E-state index in [0.717, 1.165) is 5.56 Å². The minimum Gasteiger partial charge on any atom is -0.469 e. The predicted octanol–water partition coefficient (Wildman–Crippen LogP) is 2.37. The molecule has 2 aromatic heterocycles. The molecule has 5 heteroatoms. The fourth-order valence-electron chi connectivity index (χ4n) is 1.76. The van der Waals surface area contributed by atoms with Crippen LogP contribution in [0, 0.1) is 6.92 Å². The van der Waals surface area contributed by atoms with Crippen molar-refractivity contribution in [2.24, 2.45) is 0 Å². The Bertz CT molecular complexity index is 543. The standard InChI is InChI=1S/C14H17NO3S/c1-10-6-12(19-8-10)13(16)15-9-14(2,17)7-11-4-3-5-18-11/h3-6,8,17H,7,9H2,1-2H3,(H,15,16). The van der Waals surface area contributed by atoms with Crippen molar-refractivity contribution in [2.45, 2.75) is 25.9 Å². The van der Waals surface area contributed by atoms with E-state index in [0.29, 0.717) is 17.1 Å². The summed E-state index contributed by atoms with van der Waals surface area (Å²) in [5, 5.41) is 14.9. The second-order valence-corrected chi connectivity index (χ2v) is 5.84. The van der Waals surface area contributed by atoms with E-state index in [9.17, 15) is 9.90 Å². The largest absolute Gasteiger partial charge is 0.469 e. The molecule has 0 radical (unpaired) electrons. The maximum Gasteiger partial charge on any atom is 0.261 e. The van der Waals surface area contributed by atoms with E-state index in [1.807, 2.05) is 18.4 Å². The van der Waals surface area contributed by atoms with Crippen molar-refractivity contribution < 1.29 is 14.3 Å². The van der Waals surface area contributed by atoms with Crippen LogP contribution in [0.15, 0.2) is 34.3 Å². The van der Waals surface area contributed by atoms with Gasteiger partial charge in [-0.25, -0.2) is 0 Å². The van der Waals surface area contributed by atoms with Crippen LogP contribution in [0.25, 0.3) is 0 Å². The Labute approximate surface area is 116 Å². The molecule has 0 saturated carbocycles. The summed E-state index contributed by atoms with van der Waals surface area (Å²) in [5.41, 5.74) is 0.0392. The van der Waals surface area contributed by atoms with Crippen molar-refractivity contribution >= 4 is 17.2 Å². The molecule has 1 unspecified atom stereocenters. The highest BCUT2D eigenvalue weighted by Crippen LogP contribution is 2.15. The van der Waals surface area contributed by atoms with E-state index >= 15 is 0 Å². The molecule has 0 saturated heterocycles. The zero-order chi connectivity index (χ0) is 13.9. The molecule has 2 N–H and O–H groups in total. The van der Waals surface area contributed by atoms with Crippen LogP contribution >= 0.6 is 11.3 Å². The minimum absolute atomic E-state index is 0.155. The van der Waals surface area contributed by atoms with Gasteiger partial charge in [0.2, 0.25) is 0 Å². The number of aliphatic hydroxyl groups is 1. The smallest absolute Gasteiger partial charge is 0.261 e. The lowest BCUT2D eigenvalue weighted by Crippen LogP contribution is -2.42. The molecule has 102 valence electrons. The Morgan fingerprint density at radius 1 is 1.58 bits per heavy atom. The molecule has 0 spiro atoms. The van der Waals surface area contributed by atoms with Crippen molar-refractivity contribution in [3.05, 3.63) is 46.0 Å². The molecule has 1 amide bonds. The summed E-state index contributed by atoms with van der Waals surface area (Å²) in [6.45, 7) is 3.80. The molecule has 2 rings (SSSR count). The Morgan fingerprint density at radius 3 is 2.95 bits per heavy atom. The molecule has 0 aromatic carbocycles. The molecule has 0 aliphatic rings. The van der Waals surface area contributed by atoms with Gasteiger partial charge in [-0.2, -0.15) is 0 Å². The van der Waals surface area contributed by atoms with Gasteiger partial charge in [-0.1, -0.05) is 0 Å². The molecule has 19 heavy (non-hydrogen) atoms. The number of nitrogens with one attached hydrogen (secondary N) is 1. The number of aryl methyl sites for hydroxylation is 1. The van der Waals surface area contributed by atoms with Crippen molar-refractivity contribution in [3.8, 4) is 0 Å². The number of rotatable bonds is 5. The lowest BCUT2D eigenvalue weighted by molar-refractivity contribution is 0.0511. The van der Waals surface area contributed by atoms with E-state index in [1.54, 1.807) is 25.3 Å². The van der Waals surface area contributed by atoms with E-state index in [4.69, 9.17) is 4.42 Å². The second-order valence-electron chi connectivity index (χ2n) is 4.92. The molecule has 0 aliphatic heterocycles. The van der Waals surface area contributed by atoms with Gasteiger partial charge < -0.3 is 14.8 Å². The number of amides is 1. The summed E-state index contributed by atoms with van der Waals surface area (Å²) < 4.78 is 5.19. The number of carbonyl (C=O) groups excluding carboxylic acids is 1. The Balaban J connectivity index is 1.88. The highest BCUT2D eigenvalue weighted by Gasteiger charge is 2.23. The normalized spacial score (nSPS) is 14.1. The Hall–Kier alpha value is -1.59. The van der Waals surface area contributed by atoms with Gasteiger partial charge in [0, 0.05) is 13.0 Å². The highest BCUT2D eigenvalue weighted by atomic mass is 32.1. The van der Waals surface area contributed by atoms with Gasteiger partial charge in [0.1, 0.15) is 5.76 Å². The van der Waals surface area contributed by atoms with Gasteiger partial charge in [-0.3, -0.25) is 4.79 Å². The Morgan fingerprint density at radius 2 is 2.37 bits per heavy atom. The molecule has 4 nitrogen and oxygen atoms in total. The average molecular weight is 279 g/mol. The Kier molecular flexibility index (Phi) is 4.07. The molecule has 0 fully saturated rings. The molecule has 2 aromatic rings. The summed E-state index contributed by atoms with van der Waals surface area (Å²) in [7, 11) is 0. The molecular formula is C14H17NO3S. The fourth-order valence-corrected chi connectivity index (χ4v) is 2.57. The van der Waals surface area contributed by atoms with Crippen molar-refractivity contribution in [1.29, 1.82) is 0 Å². The van der Waals surface area contributed by atoms with Crippen LogP contribution in [0.1, 0.15) is 27.9 Å². The maximum atomic E-state index is 11.9. The summed E-state index contributed by atoms with van der Waals surface area (Å²) >= 11 is 1.40. The van der Waals surface area contributed by atoms with E-state index in [2.05, 4.69) is 5.32 Å². The first kappa shape index (κ1) is 13.8. The van der Waals surface area contributed by atoms with Crippen LogP contribution in [-0.2, 0) is 6.42 Å². The zero-order valence-corrected chi connectivity index (χ0v) is 11.8. The second kappa shape index (κ2) is 5.59. The molecule has 0 aliphatic carbocycles. The monoisotopic (exact) mass is 279 g/mol. The van der Waals surface area contributed by atoms with Gasteiger partial charge in [0.25, 0.3) is 5.91 Å². The molecule has 0 bridgehead atoms. The summed E-state index contributed by atoms with van der Waals surface area (Å²) in [6, 6.07) is 5.42. The minimum atomic E-state index is -1.03. The van der Waals surface area contributed by atoms with Crippen LogP contribution in [0.2, 0.25) is 0 Å². The predicted molar refractivity (Wildman–Crippen MR) is 74.4 cm³/mol. The third-order valence-corrected chi connectivity index (χ3v) is 3.77. The third-order valence-electron chi connectivity index (χ3n) is 2.72. The molecule has 2 heterocycles. The van der Waals surface area contributed by atoms with Crippen LogP contribution < -0.4 is 5.32 Å². The summed E-state index contributed by atoms with van der Waals surface area (Å²) in [4.78, 5) is 12.5. The van der Waals surface area contributed by atoms with Gasteiger partial charge >= 0.3 is 0 Å². The van der Waals surface area contributed by atoms with Crippen LogP contribution in [0.3, 0.4) is 0 Å². The SMILES string of the molecule is Cc1csc(C(=O)NCC(C)(O)Cc2ccco2)c1. The van der Waals surface area contributed by atoms with Crippen LogP contribution in [0.5, 0.6) is 0 Å². The number of hydrogen-bond donors (Lipinski definition) is 2. The lowest BCUT2D eigenvalue weighted by Gasteiger charge is -2.22. The van der Waals surface area contributed by atoms with E-state index < -0.39 is 5.60 Å². The quantitative estimate of drug-likeness (QED) is 0.883. The number of furan rings is 1. The van der Waals surface area contributed by atoms with Crippen LogP contribution in [0.4, 0.5) is 0 Å².